The fourth-order valence-corrected chi connectivity index (χ4v) is 4.37. The standard InChI is InChI=1S/C18H18N4OS2.C3H8O2.H2/c23-18(21-13-4-2-1-3-5-13)12-6-14(16-8-19-10-24-16)22-15(7-12)17-9-20-11-25-17;1-5-3-2-4;/h6-11,13H,1-5H2,(H,21,23);4H,2-3H2,1H3;1H. The minimum Gasteiger partial charge on any atom is -0.394 e. The Kier molecular flexibility index (Phi) is 8.88. The zero-order chi connectivity index (χ0) is 21.2. The fourth-order valence-electron chi connectivity index (χ4n) is 3.21. The van der Waals surface area contributed by atoms with Crippen molar-refractivity contribution in [1.82, 2.24) is 20.3 Å². The molecule has 4 rings (SSSR count). The number of rotatable bonds is 6. The Labute approximate surface area is 185 Å². The number of hydrogen-bond donors (Lipinski definition) is 2. The van der Waals surface area contributed by atoms with Crippen molar-refractivity contribution in [3.8, 4) is 21.1 Å². The molecule has 1 fully saturated rings. The number of nitrogens with one attached hydrogen (secondary N) is 1. The van der Waals surface area contributed by atoms with Crippen molar-refractivity contribution in [1.29, 1.82) is 0 Å². The maximum absolute atomic E-state index is 12.8. The molecule has 0 bridgehead atoms. The highest BCUT2D eigenvalue weighted by Gasteiger charge is 2.19. The van der Waals surface area contributed by atoms with Gasteiger partial charge in [0.15, 0.2) is 0 Å². The van der Waals surface area contributed by atoms with Crippen molar-refractivity contribution in [2.75, 3.05) is 20.3 Å². The van der Waals surface area contributed by atoms with Crippen LogP contribution in [-0.4, -0.2) is 52.3 Å². The predicted octanol–water partition coefficient (Wildman–Crippen LogP) is 4.26. The van der Waals surface area contributed by atoms with Crippen LogP contribution in [0.2, 0.25) is 0 Å². The van der Waals surface area contributed by atoms with E-state index in [4.69, 9.17) is 10.1 Å². The molecule has 3 aromatic rings. The average Bonchev–Trinajstić information content (AvgIpc) is 3.50. The molecular weight excluding hydrogens is 420 g/mol. The van der Waals surface area contributed by atoms with Crippen LogP contribution in [0.5, 0.6) is 0 Å². The topological polar surface area (TPSA) is 97.2 Å². The number of thiazole rings is 2. The van der Waals surface area contributed by atoms with Crippen LogP contribution >= 0.6 is 22.7 Å². The summed E-state index contributed by atoms with van der Waals surface area (Å²) in [5.74, 6) is -0.0224. The Morgan fingerprint density at radius 2 is 1.73 bits per heavy atom. The minimum absolute atomic E-state index is 0. The molecule has 3 heterocycles. The summed E-state index contributed by atoms with van der Waals surface area (Å²) in [6, 6.07) is 4.00. The van der Waals surface area contributed by atoms with Gasteiger partial charge >= 0.3 is 0 Å². The normalized spacial score (nSPS) is 14.1. The molecule has 30 heavy (non-hydrogen) atoms. The molecule has 3 aromatic heterocycles. The number of hydrogen-bond acceptors (Lipinski definition) is 8. The van der Waals surface area contributed by atoms with E-state index in [1.165, 1.54) is 41.9 Å². The molecule has 162 valence electrons. The maximum Gasteiger partial charge on any atom is 0.251 e. The molecule has 1 amide bonds. The summed E-state index contributed by atoms with van der Waals surface area (Å²) in [5, 5.41) is 11.1. The number of carbonyl (C=O) groups is 1. The molecule has 7 nitrogen and oxygen atoms in total. The van der Waals surface area contributed by atoms with Crippen LogP contribution < -0.4 is 5.32 Å². The smallest absolute Gasteiger partial charge is 0.251 e. The van der Waals surface area contributed by atoms with E-state index in [1.807, 2.05) is 12.1 Å². The Balaban J connectivity index is 0.000000514. The molecule has 0 spiro atoms. The number of amides is 1. The Morgan fingerprint density at radius 1 is 1.13 bits per heavy atom. The van der Waals surface area contributed by atoms with Gasteiger partial charge in [0, 0.05) is 32.5 Å². The third-order valence-corrected chi connectivity index (χ3v) is 6.28. The van der Waals surface area contributed by atoms with Crippen molar-refractivity contribution in [3.63, 3.8) is 0 Å². The zero-order valence-electron chi connectivity index (χ0n) is 16.9. The summed E-state index contributed by atoms with van der Waals surface area (Å²) in [4.78, 5) is 27.7. The zero-order valence-corrected chi connectivity index (χ0v) is 18.5. The number of methoxy groups -OCH3 is 1. The van der Waals surface area contributed by atoms with Gasteiger partial charge in [-0.15, -0.1) is 22.7 Å². The molecule has 2 N–H and O–H groups in total. The van der Waals surface area contributed by atoms with E-state index in [1.54, 1.807) is 30.5 Å². The number of ether oxygens (including phenoxy) is 1. The highest BCUT2D eigenvalue weighted by molar-refractivity contribution is 7.13. The molecule has 1 saturated carbocycles. The summed E-state index contributed by atoms with van der Waals surface area (Å²) in [7, 11) is 1.55. The van der Waals surface area contributed by atoms with Crippen LogP contribution in [0.1, 0.15) is 43.9 Å². The van der Waals surface area contributed by atoms with Gasteiger partial charge in [0.2, 0.25) is 0 Å². The Hall–Kier alpha value is -2.20. The summed E-state index contributed by atoms with van der Waals surface area (Å²) < 4.78 is 4.44. The first-order valence-corrected chi connectivity index (χ1v) is 11.7. The molecule has 0 unspecified atom stereocenters. The van der Waals surface area contributed by atoms with Gasteiger partial charge in [-0.1, -0.05) is 19.3 Å². The number of aliphatic hydroxyl groups is 1. The van der Waals surface area contributed by atoms with E-state index < -0.39 is 0 Å². The van der Waals surface area contributed by atoms with Gasteiger partial charge in [-0.2, -0.15) is 0 Å². The van der Waals surface area contributed by atoms with Crippen LogP contribution in [0.15, 0.2) is 35.5 Å². The number of aliphatic hydroxyl groups excluding tert-OH is 1. The van der Waals surface area contributed by atoms with E-state index in [0.29, 0.717) is 12.2 Å². The second-order valence-electron chi connectivity index (χ2n) is 6.88. The molecule has 0 aliphatic heterocycles. The predicted molar refractivity (Wildman–Crippen MR) is 122 cm³/mol. The summed E-state index contributed by atoms with van der Waals surface area (Å²) in [5.41, 5.74) is 5.76. The van der Waals surface area contributed by atoms with E-state index >= 15 is 0 Å². The third-order valence-electron chi connectivity index (χ3n) is 4.69. The maximum atomic E-state index is 12.8. The SMILES string of the molecule is COCCO.O=C(NC1CCCCC1)c1cc(-c2cncs2)nc(-c2cncs2)c1.[HH]. The fraction of sp³-hybridized carbons (Fsp3) is 0.429. The van der Waals surface area contributed by atoms with Gasteiger partial charge in [0.25, 0.3) is 5.91 Å². The summed E-state index contributed by atoms with van der Waals surface area (Å²) in [6.45, 7) is 0.566. The summed E-state index contributed by atoms with van der Waals surface area (Å²) >= 11 is 3.04. The summed E-state index contributed by atoms with van der Waals surface area (Å²) in [6.07, 6.45) is 9.37. The number of aromatic nitrogens is 3. The lowest BCUT2D eigenvalue weighted by atomic mass is 9.95. The molecule has 9 heteroatoms. The van der Waals surface area contributed by atoms with Crippen molar-refractivity contribution in [2.45, 2.75) is 38.1 Å². The number of pyridine rings is 1. The Morgan fingerprint density at radius 3 is 2.17 bits per heavy atom. The molecule has 0 saturated heterocycles. The minimum atomic E-state index is -0.0224. The van der Waals surface area contributed by atoms with Crippen molar-refractivity contribution >= 4 is 28.6 Å². The van der Waals surface area contributed by atoms with E-state index in [9.17, 15) is 4.79 Å². The van der Waals surface area contributed by atoms with Gasteiger partial charge in [0.05, 0.1) is 45.4 Å². The number of nitrogens with zero attached hydrogens (tertiary/aromatic N) is 3. The van der Waals surface area contributed by atoms with Gasteiger partial charge in [-0.3, -0.25) is 14.8 Å². The second kappa shape index (κ2) is 11.8. The first-order valence-electron chi connectivity index (χ1n) is 9.91. The van der Waals surface area contributed by atoms with Gasteiger partial charge < -0.3 is 15.2 Å². The van der Waals surface area contributed by atoms with E-state index in [0.717, 1.165) is 34.0 Å². The highest BCUT2D eigenvalue weighted by atomic mass is 32.1. The lowest BCUT2D eigenvalue weighted by Gasteiger charge is -2.22. The molecule has 1 aliphatic rings. The first kappa shape index (κ1) is 22.5. The largest absolute Gasteiger partial charge is 0.394 e. The van der Waals surface area contributed by atoms with Crippen LogP contribution in [0.25, 0.3) is 21.1 Å². The molecular formula is C21H28N4O3S2. The second-order valence-corrected chi connectivity index (χ2v) is 8.66. The van der Waals surface area contributed by atoms with Crippen LogP contribution in [0.3, 0.4) is 0 Å². The van der Waals surface area contributed by atoms with E-state index in [-0.39, 0.29) is 20.0 Å². The molecule has 0 aromatic carbocycles. The molecule has 0 atom stereocenters. The lowest BCUT2D eigenvalue weighted by molar-refractivity contribution is 0.0927. The van der Waals surface area contributed by atoms with Gasteiger partial charge in [-0.25, -0.2) is 4.98 Å². The van der Waals surface area contributed by atoms with Gasteiger partial charge in [0.1, 0.15) is 0 Å². The highest BCUT2D eigenvalue weighted by Crippen LogP contribution is 2.29. The monoisotopic (exact) mass is 448 g/mol. The Bertz CT molecular complexity index is 847. The van der Waals surface area contributed by atoms with Crippen molar-refractivity contribution in [3.05, 3.63) is 41.1 Å². The van der Waals surface area contributed by atoms with E-state index in [2.05, 4.69) is 20.0 Å². The quantitative estimate of drug-likeness (QED) is 0.585. The molecule has 1 aliphatic carbocycles. The lowest BCUT2D eigenvalue weighted by Crippen LogP contribution is -2.36. The van der Waals surface area contributed by atoms with Gasteiger partial charge in [-0.05, 0) is 25.0 Å². The third kappa shape index (κ3) is 6.40. The van der Waals surface area contributed by atoms with Crippen LogP contribution in [0, 0.1) is 0 Å². The van der Waals surface area contributed by atoms with Crippen molar-refractivity contribution in [2.24, 2.45) is 0 Å². The van der Waals surface area contributed by atoms with Crippen LogP contribution in [0.4, 0.5) is 0 Å². The first-order chi connectivity index (χ1) is 14.7. The average molecular weight is 449 g/mol. The molecule has 0 radical (unpaired) electrons. The van der Waals surface area contributed by atoms with Crippen LogP contribution in [-0.2, 0) is 4.74 Å². The number of carbonyl (C=O) groups excluding carboxylic acids is 1. The van der Waals surface area contributed by atoms with Crippen molar-refractivity contribution < 1.29 is 16.1 Å².